The van der Waals surface area contributed by atoms with Crippen LogP contribution in [-0.2, 0) is 9.53 Å². The summed E-state index contributed by atoms with van der Waals surface area (Å²) in [7, 11) is 2.03. The molecule has 0 heterocycles. The topological polar surface area (TPSA) is 75.8 Å². The molecule has 2 atom stereocenters. The lowest BCUT2D eigenvalue weighted by Crippen LogP contribution is -2.47. The molecule has 0 spiro atoms. The number of carboxylic acids is 1. The number of nitrogens with two attached hydrogens (primary N) is 1. The second kappa shape index (κ2) is 5.55. The fraction of sp³-hybridized carbons (Fsp3) is 0.923. The molecule has 2 saturated carbocycles. The minimum absolute atomic E-state index is 0.274. The second-order valence-corrected chi connectivity index (χ2v) is 5.86. The van der Waals surface area contributed by atoms with Crippen molar-refractivity contribution >= 4 is 5.97 Å². The molecule has 0 amide bonds. The van der Waals surface area contributed by atoms with Crippen LogP contribution in [0.25, 0.3) is 0 Å². The molecule has 0 bridgehead atoms. The van der Waals surface area contributed by atoms with Crippen LogP contribution in [0, 0.1) is 5.92 Å². The van der Waals surface area contributed by atoms with Gasteiger partial charge >= 0.3 is 5.97 Å². The summed E-state index contributed by atoms with van der Waals surface area (Å²) in [6.07, 6.45) is 4.60. The van der Waals surface area contributed by atoms with Crippen LogP contribution in [0.3, 0.4) is 0 Å². The van der Waals surface area contributed by atoms with Crippen molar-refractivity contribution in [2.45, 2.75) is 43.7 Å². The van der Waals surface area contributed by atoms with Gasteiger partial charge in [0.1, 0.15) is 5.54 Å². The van der Waals surface area contributed by atoms with Gasteiger partial charge in [0.2, 0.25) is 0 Å². The average Bonchev–Trinajstić information content (AvgIpc) is 3.06. The van der Waals surface area contributed by atoms with Gasteiger partial charge in [-0.1, -0.05) is 0 Å². The molecular formula is C13H24N2O3. The SMILES string of the molecule is CN(CCOCC1CC1)C1CCC(N)(C(=O)O)C1. The van der Waals surface area contributed by atoms with Gasteiger partial charge in [0.05, 0.1) is 6.61 Å². The minimum Gasteiger partial charge on any atom is -0.480 e. The number of aliphatic carboxylic acids is 1. The van der Waals surface area contributed by atoms with Crippen LogP contribution in [0.1, 0.15) is 32.1 Å². The zero-order chi connectivity index (χ0) is 13.2. The van der Waals surface area contributed by atoms with Crippen molar-refractivity contribution < 1.29 is 14.6 Å². The second-order valence-electron chi connectivity index (χ2n) is 5.86. The van der Waals surface area contributed by atoms with Crippen molar-refractivity contribution in [3.63, 3.8) is 0 Å². The molecule has 3 N–H and O–H groups in total. The standard InChI is InChI=1S/C13H24N2O3/c1-15(6-7-18-9-10-2-3-10)11-4-5-13(14,8-11)12(16)17/h10-11H,2-9,14H2,1H3,(H,16,17). The largest absolute Gasteiger partial charge is 0.480 e. The van der Waals surface area contributed by atoms with Crippen LogP contribution >= 0.6 is 0 Å². The highest BCUT2D eigenvalue weighted by Gasteiger charge is 2.43. The average molecular weight is 256 g/mol. The van der Waals surface area contributed by atoms with E-state index in [1.165, 1.54) is 12.8 Å². The molecule has 5 nitrogen and oxygen atoms in total. The minimum atomic E-state index is -1.02. The Bertz CT molecular complexity index is 307. The summed E-state index contributed by atoms with van der Waals surface area (Å²) in [4.78, 5) is 13.3. The van der Waals surface area contributed by atoms with E-state index in [0.29, 0.717) is 12.8 Å². The third-order valence-corrected chi connectivity index (χ3v) is 4.21. The summed E-state index contributed by atoms with van der Waals surface area (Å²) in [5, 5.41) is 9.09. The van der Waals surface area contributed by atoms with Crippen molar-refractivity contribution in [2.24, 2.45) is 11.7 Å². The van der Waals surface area contributed by atoms with Gasteiger partial charge in [0, 0.05) is 19.2 Å². The third-order valence-electron chi connectivity index (χ3n) is 4.21. The third kappa shape index (κ3) is 3.43. The first-order valence-electron chi connectivity index (χ1n) is 6.81. The van der Waals surface area contributed by atoms with E-state index in [2.05, 4.69) is 4.90 Å². The number of carboxylic acid groups (broad SMARTS) is 1. The summed E-state index contributed by atoms with van der Waals surface area (Å²) in [5.41, 5.74) is 4.86. The van der Waals surface area contributed by atoms with Gasteiger partial charge in [0.15, 0.2) is 0 Å². The lowest BCUT2D eigenvalue weighted by atomic mass is 9.99. The zero-order valence-corrected chi connectivity index (χ0v) is 11.1. The van der Waals surface area contributed by atoms with E-state index in [-0.39, 0.29) is 6.04 Å². The summed E-state index contributed by atoms with van der Waals surface area (Å²) >= 11 is 0. The molecule has 2 fully saturated rings. The fourth-order valence-corrected chi connectivity index (χ4v) is 2.54. The Balaban J connectivity index is 1.66. The highest BCUT2D eigenvalue weighted by Crippen LogP contribution is 2.31. The molecular weight excluding hydrogens is 232 g/mol. The zero-order valence-electron chi connectivity index (χ0n) is 11.1. The van der Waals surface area contributed by atoms with Crippen molar-refractivity contribution in [2.75, 3.05) is 26.8 Å². The Hall–Kier alpha value is -0.650. The fourth-order valence-electron chi connectivity index (χ4n) is 2.54. The Morgan fingerprint density at radius 2 is 2.22 bits per heavy atom. The normalized spacial score (nSPS) is 32.1. The number of ether oxygens (including phenoxy) is 1. The van der Waals surface area contributed by atoms with E-state index < -0.39 is 11.5 Å². The maximum atomic E-state index is 11.1. The van der Waals surface area contributed by atoms with Gasteiger partial charge in [0.25, 0.3) is 0 Å². The molecule has 18 heavy (non-hydrogen) atoms. The molecule has 2 rings (SSSR count). The van der Waals surface area contributed by atoms with E-state index in [1.807, 2.05) is 7.05 Å². The van der Waals surface area contributed by atoms with Gasteiger partial charge in [-0.15, -0.1) is 0 Å². The molecule has 2 aliphatic carbocycles. The Morgan fingerprint density at radius 1 is 1.50 bits per heavy atom. The predicted molar refractivity (Wildman–Crippen MR) is 68.4 cm³/mol. The van der Waals surface area contributed by atoms with E-state index in [1.54, 1.807) is 0 Å². The van der Waals surface area contributed by atoms with Gasteiger partial charge in [-0.2, -0.15) is 0 Å². The molecule has 2 unspecified atom stereocenters. The predicted octanol–water partition coefficient (Wildman–Crippen LogP) is 0.679. The lowest BCUT2D eigenvalue weighted by molar-refractivity contribution is -0.143. The molecule has 0 aliphatic heterocycles. The number of nitrogens with zero attached hydrogens (tertiary/aromatic N) is 1. The van der Waals surface area contributed by atoms with Crippen molar-refractivity contribution in [1.82, 2.24) is 4.90 Å². The Labute approximate surface area is 108 Å². The van der Waals surface area contributed by atoms with Crippen LogP contribution in [0.2, 0.25) is 0 Å². The number of carbonyl (C=O) groups is 1. The van der Waals surface area contributed by atoms with E-state index in [9.17, 15) is 4.79 Å². The molecule has 0 radical (unpaired) electrons. The quantitative estimate of drug-likeness (QED) is 0.655. The summed E-state index contributed by atoms with van der Waals surface area (Å²) in [6, 6.07) is 0.274. The smallest absolute Gasteiger partial charge is 0.323 e. The Kier molecular flexibility index (Phi) is 4.25. The molecule has 0 aromatic carbocycles. The molecule has 0 aromatic heterocycles. The maximum Gasteiger partial charge on any atom is 0.323 e. The van der Waals surface area contributed by atoms with Gasteiger partial charge in [-0.25, -0.2) is 0 Å². The molecule has 104 valence electrons. The number of hydrogen-bond donors (Lipinski definition) is 2. The monoisotopic (exact) mass is 256 g/mol. The lowest BCUT2D eigenvalue weighted by Gasteiger charge is -2.25. The first kappa shape index (κ1) is 13.8. The van der Waals surface area contributed by atoms with Gasteiger partial charge < -0.3 is 20.5 Å². The molecule has 0 saturated heterocycles. The van der Waals surface area contributed by atoms with E-state index in [0.717, 1.165) is 32.1 Å². The molecule has 2 aliphatic rings. The van der Waals surface area contributed by atoms with Crippen LogP contribution in [0.5, 0.6) is 0 Å². The van der Waals surface area contributed by atoms with Crippen LogP contribution in [0.15, 0.2) is 0 Å². The van der Waals surface area contributed by atoms with E-state index >= 15 is 0 Å². The van der Waals surface area contributed by atoms with Crippen LogP contribution in [0.4, 0.5) is 0 Å². The van der Waals surface area contributed by atoms with Gasteiger partial charge in [-0.05, 0) is 45.1 Å². The molecule has 0 aromatic rings. The number of likely N-dealkylation sites (N-methyl/N-ethyl adjacent to an activating group) is 1. The first-order chi connectivity index (χ1) is 8.51. The maximum absolute atomic E-state index is 11.1. The van der Waals surface area contributed by atoms with E-state index in [4.69, 9.17) is 15.6 Å². The summed E-state index contributed by atoms with van der Waals surface area (Å²) in [5.74, 6) is -0.0751. The highest BCUT2D eigenvalue weighted by atomic mass is 16.5. The first-order valence-corrected chi connectivity index (χ1v) is 6.81. The van der Waals surface area contributed by atoms with Crippen LogP contribution in [-0.4, -0.2) is 54.4 Å². The summed E-state index contributed by atoms with van der Waals surface area (Å²) in [6.45, 7) is 2.47. The van der Waals surface area contributed by atoms with Crippen molar-refractivity contribution in [3.05, 3.63) is 0 Å². The number of hydrogen-bond acceptors (Lipinski definition) is 4. The van der Waals surface area contributed by atoms with Crippen molar-refractivity contribution in [1.29, 1.82) is 0 Å². The molecule has 5 heteroatoms. The van der Waals surface area contributed by atoms with Crippen LogP contribution < -0.4 is 5.73 Å². The number of rotatable bonds is 7. The van der Waals surface area contributed by atoms with Gasteiger partial charge in [-0.3, -0.25) is 4.79 Å². The highest BCUT2D eigenvalue weighted by molar-refractivity contribution is 5.79. The summed E-state index contributed by atoms with van der Waals surface area (Å²) < 4.78 is 5.60. The Morgan fingerprint density at radius 3 is 2.78 bits per heavy atom. The van der Waals surface area contributed by atoms with Crippen molar-refractivity contribution in [3.8, 4) is 0 Å².